The Hall–Kier alpha value is -1.20. The molecule has 1 fully saturated rings. The minimum atomic E-state index is 0.680. The average Bonchev–Trinajstić information content (AvgIpc) is 2.97. The van der Waals surface area contributed by atoms with E-state index in [0.29, 0.717) is 6.04 Å². The number of hydrogen-bond acceptors (Lipinski definition) is 5. The summed E-state index contributed by atoms with van der Waals surface area (Å²) in [5.41, 5.74) is 0. The third kappa shape index (κ3) is 2.47. The third-order valence-corrected chi connectivity index (χ3v) is 4.36. The highest BCUT2D eigenvalue weighted by molar-refractivity contribution is 7.18. The molecule has 0 unspecified atom stereocenters. The maximum absolute atomic E-state index is 4.35. The van der Waals surface area contributed by atoms with Crippen LogP contribution in [0.4, 0.5) is 5.82 Å². The van der Waals surface area contributed by atoms with E-state index >= 15 is 0 Å². The Morgan fingerprint density at radius 3 is 3.28 bits per heavy atom. The van der Waals surface area contributed by atoms with Gasteiger partial charge in [0.2, 0.25) is 0 Å². The van der Waals surface area contributed by atoms with E-state index in [0.717, 1.165) is 29.0 Å². The Kier molecular flexibility index (Phi) is 3.43. The lowest BCUT2D eigenvalue weighted by Crippen LogP contribution is -2.24. The second-order valence-electron chi connectivity index (χ2n) is 4.81. The predicted molar refractivity (Wildman–Crippen MR) is 76.3 cm³/mol. The molecule has 0 saturated carbocycles. The topological polar surface area (TPSA) is 49.8 Å². The fourth-order valence-corrected chi connectivity index (χ4v) is 3.33. The lowest BCUT2D eigenvalue weighted by molar-refractivity contribution is 0.574. The van der Waals surface area contributed by atoms with E-state index < -0.39 is 0 Å². The molecule has 0 bridgehead atoms. The van der Waals surface area contributed by atoms with Crippen LogP contribution in [0.5, 0.6) is 0 Å². The molecule has 3 heterocycles. The van der Waals surface area contributed by atoms with Gasteiger partial charge in [-0.3, -0.25) is 0 Å². The summed E-state index contributed by atoms with van der Waals surface area (Å²) in [6.07, 6.45) is 5.42. The fraction of sp³-hybridized carbons (Fsp3) is 0.538. The number of nitrogens with zero attached hydrogens (tertiary/aromatic N) is 2. The van der Waals surface area contributed by atoms with Crippen molar-refractivity contribution in [2.45, 2.75) is 32.2 Å². The van der Waals surface area contributed by atoms with E-state index in [1.165, 1.54) is 24.3 Å². The van der Waals surface area contributed by atoms with Gasteiger partial charge in [0.1, 0.15) is 17.0 Å². The van der Waals surface area contributed by atoms with E-state index in [-0.39, 0.29) is 0 Å². The lowest BCUT2D eigenvalue weighted by Gasteiger charge is -2.11. The van der Waals surface area contributed by atoms with E-state index in [1.807, 2.05) is 0 Å². The standard InChI is InChI=1S/C13H18N4S/c1-9-7-11-12(16-8-17-13(11)18-9)15-6-4-10-3-2-5-14-10/h7-8,10,14H,2-6H2,1H3,(H,15,16,17)/t10-/m0/s1. The predicted octanol–water partition coefficient (Wildman–Crippen LogP) is 2.55. The second kappa shape index (κ2) is 5.20. The van der Waals surface area contributed by atoms with E-state index in [1.54, 1.807) is 17.7 Å². The molecule has 0 aliphatic carbocycles. The molecule has 0 amide bonds. The number of hydrogen-bond donors (Lipinski definition) is 2. The fourth-order valence-electron chi connectivity index (χ4n) is 2.48. The Morgan fingerprint density at radius 1 is 1.50 bits per heavy atom. The molecular weight excluding hydrogens is 244 g/mol. The zero-order valence-electron chi connectivity index (χ0n) is 10.6. The summed E-state index contributed by atoms with van der Waals surface area (Å²) in [5.74, 6) is 0.974. The molecule has 18 heavy (non-hydrogen) atoms. The van der Waals surface area contributed by atoms with Crippen molar-refractivity contribution < 1.29 is 0 Å². The van der Waals surface area contributed by atoms with E-state index in [4.69, 9.17) is 0 Å². The van der Waals surface area contributed by atoms with Gasteiger partial charge >= 0.3 is 0 Å². The lowest BCUT2D eigenvalue weighted by atomic mass is 10.1. The Labute approximate surface area is 111 Å². The zero-order valence-corrected chi connectivity index (χ0v) is 11.4. The molecule has 0 spiro atoms. The molecule has 5 heteroatoms. The largest absolute Gasteiger partial charge is 0.369 e. The van der Waals surface area contributed by atoms with Gasteiger partial charge in [-0.2, -0.15) is 0 Å². The quantitative estimate of drug-likeness (QED) is 0.889. The molecule has 1 aliphatic rings. The highest BCUT2D eigenvalue weighted by Gasteiger charge is 2.13. The normalized spacial score (nSPS) is 19.5. The number of rotatable bonds is 4. The summed E-state index contributed by atoms with van der Waals surface area (Å²) in [6, 6.07) is 2.84. The van der Waals surface area contributed by atoms with Gasteiger partial charge in [-0.1, -0.05) is 0 Å². The molecule has 96 valence electrons. The molecule has 0 aromatic carbocycles. The van der Waals surface area contributed by atoms with Gasteiger partial charge in [0.05, 0.1) is 5.39 Å². The first-order valence-corrected chi connectivity index (χ1v) is 7.33. The van der Waals surface area contributed by atoms with Crippen molar-refractivity contribution in [3.8, 4) is 0 Å². The van der Waals surface area contributed by atoms with Gasteiger partial charge in [-0.15, -0.1) is 11.3 Å². The van der Waals surface area contributed by atoms with Gasteiger partial charge in [0.15, 0.2) is 0 Å². The molecule has 1 saturated heterocycles. The molecular formula is C13H18N4S. The number of nitrogens with one attached hydrogen (secondary N) is 2. The minimum Gasteiger partial charge on any atom is -0.369 e. The van der Waals surface area contributed by atoms with Crippen molar-refractivity contribution in [3.63, 3.8) is 0 Å². The van der Waals surface area contributed by atoms with Crippen LogP contribution in [0.25, 0.3) is 10.2 Å². The van der Waals surface area contributed by atoms with Crippen LogP contribution in [0.15, 0.2) is 12.4 Å². The van der Waals surface area contributed by atoms with Crippen molar-refractivity contribution in [1.82, 2.24) is 15.3 Å². The average molecular weight is 262 g/mol. The summed E-state index contributed by atoms with van der Waals surface area (Å²) in [5, 5.41) is 8.11. The van der Waals surface area contributed by atoms with Crippen molar-refractivity contribution in [3.05, 3.63) is 17.3 Å². The van der Waals surface area contributed by atoms with E-state index in [9.17, 15) is 0 Å². The Balaban J connectivity index is 1.66. The van der Waals surface area contributed by atoms with Crippen LogP contribution in [0.1, 0.15) is 24.1 Å². The molecule has 4 nitrogen and oxygen atoms in total. The first kappa shape index (κ1) is 11.9. The van der Waals surface area contributed by atoms with Crippen LogP contribution in [0, 0.1) is 6.92 Å². The maximum Gasteiger partial charge on any atom is 0.138 e. The number of thiophene rings is 1. The highest BCUT2D eigenvalue weighted by Crippen LogP contribution is 2.27. The van der Waals surface area contributed by atoms with Crippen LogP contribution in [-0.4, -0.2) is 29.1 Å². The van der Waals surface area contributed by atoms with Crippen LogP contribution in [0.3, 0.4) is 0 Å². The molecule has 3 rings (SSSR count). The van der Waals surface area contributed by atoms with Crippen molar-refractivity contribution >= 4 is 27.4 Å². The van der Waals surface area contributed by atoms with E-state index in [2.05, 4.69) is 33.6 Å². The monoisotopic (exact) mass is 262 g/mol. The summed E-state index contributed by atoms with van der Waals surface area (Å²) in [7, 11) is 0. The molecule has 2 aromatic rings. The molecule has 2 aromatic heterocycles. The summed E-state index contributed by atoms with van der Waals surface area (Å²) < 4.78 is 0. The van der Waals surface area contributed by atoms with Crippen molar-refractivity contribution in [1.29, 1.82) is 0 Å². The van der Waals surface area contributed by atoms with Gasteiger partial charge in [0.25, 0.3) is 0 Å². The summed E-state index contributed by atoms with van der Waals surface area (Å²) in [4.78, 5) is 11.0. The van der Waals surface area contributed by atoms with Gasteiger partial charge in [0, 0.05) is 17.5 Å². The van der Waals surface area contributed by atoms with Gasteiger partial charge in [-0.25, -0.2) is 9.97 Å². The minimum absolute atomic E-state index is 0.680. The number of aryl methyl sites for hydroxylation is 1. The molecule has 2 N–H and O–H groups in total. The SMILES string of the molecule is Cc1cc2c(NCC[C@@H]3CCCN3)ncnc2s1. The van der Waals surface area contributed by atoms with Gasteiger partial charge in [-0.05, 0) is 38.8 Å². The number of aromatic nitrogens is 2. The number of fused-ring (bicyclic) bond motifs is 1. The molecule has 1 atom stereocenters. The van der Waals surface area contributed by atoms with Crippen LogP contribution < -0.4 is 10.6 Å². The van der Waals surface area contributed by atoms with Crippen LogP contribution in [-0.2, 0) is 0 Å². The van der Waals surface area contributed by atoms with Crippen LogP contribution >= 0.6 is 11.3 Å². The smallest absolute Gasteiger partial charge is 0.138 e. The number of anilines is 1. The first-order valence-electron chi connectivity index (χ1n) is 6.51. The van der Waals surface area contributed by atoms with Crippen molar-refractivity contribution in [2.24, 2.45) is 0 Å². The van der Waals surface area contributed by atoms with Crippen molar-refractivity contribution in [2.75, 3.05) is 18.4 Å². The Bertz CT molecular complexity index is 531. The maximum atomic E-state index is 4.35. The zero-order chi connectivity index (χ0) is 12.4. The third-order valence-electron chi connectivity index (χ3n) is 3.40. The summed E-state index contributed by atoms with van der Waals surface area (Å²) >= 11 is 1.72. The highest BCUT2D eigenvalue weighted by atomic mass is 32.1. The first-order chi connectivity index (χ1) is 8.83. The van der Waals surface area contributed by atoms with Crippen LogP contribution in [0.2, 0.25) is 0 Å². The molecule has 1 aliphatic heterocycles. The molecule has 0 radical (unpaired) electrons. The Morgan fingerprint density at radius 2 is 2.44 bits per heavy atom. The summed E-state index contributed by atoms with van der Waals surface area (Å²) in [6.45, 7) is 4.25. The van der Waals surface area contributed by atoms with Gasteiger partial charge < -0.3 is 10.6 Å². The second-order valence-corrected chi connectivity index (χ2v) is 6.04.